The summed E-state index contributed by atoms with van der Waals surface area (Å²) in [4.78, 5) is 11.2. The Morgan fingerprint density at radius 1 is 1.47 bits per heavy atom. The van der Waals surface area contributed by atoms with E-state index in [9.17, 15) is 4.79 Å². The highest BCUT2D eigenvalue weighted by atomic mass is 16.3. The lowest BCUT2D eigenvalue weighted by Gasteiger charge is -2.23. The lowest BCUT2D eigenvalue weighted by molar-refractivity contribution is -0.119. The van der Waals surface area contributed by atoms with Gasteiger partial charge in [-0.15, -0.1) is 0 Å². The first kappa shape index (κ1) is 12.2. The molecule has 1 fully saturated rings. The van der Waals surface area contributed by atoms with Gasteiger partial charge in [-0.1, -0.05) is 0 Å². The van der Waals surface area contributed by atoms with E-state index in [4.69, 9.17) is 5.11 Å². The van der Waals surface area contributed by atoms with Crippen molar-refractivity contribution in [3.8, 4) is 0 Å². The summed E-state index contributed by atoms with van der Waals surface area (Å²) >= 11 is 0. The molecule has 0 aliphatic carbocycles. The van der Waals surface area contributed by atoms with Crippen LogP contribution in [0.4, 0.5) is 0 Å². The molecule has 86 valence electrons. The van der Waals surface area contributed by atoms with Gasteiger partial charge in [0, 0.05) is 32.1 Å². The lowest BCUT2D eigenvalue weighted by Crippen LogP contribution is -2.24. The van der Waals surface area contributed by atoms with Crippen LogP contribution in [0.5, 0.6) is 0 Å². The van der Waals surface area contributed by atoms with Crippen molar-refractivity contribution in [3.05, 3.63) is 0 Å². The normalized spacial score (nSPS) is 19.5. The van der Waals surface area contributed by atoms with Crippen LogP contribution < -0.4 is 0 Å². The van der Waals surface area contributed by atoms with Crippen LogP contribution in [0.15, 0.2) is 5.10 Å². The number of carbonyl (C=O) groups excluding carboxylic acids is 1. The molecule has 0 saturated carbocycles. The van der Waals surface area contributed by atoms with Crippen LogP contribution in [0.1, 0.15) is 39.0 Å². The second-order valence-corrected chi connectivity index (χ2v) is 4.11. The Bertz CT molecular complexity index is 221. The van der Waals surface area contributed by atoms with Gasteiger partial charge < -0.3 is 5.11 Å². The standard InChI is InChI=1S/C11H20N2O2/c1-10(14)9-11(15)5-6-12-13-7-3-2-4-8-13/h6,10,14H,2-5,7-9H2,1H3/b12-6+/t10-/m1/s1. The predicted molar refractivity (Wildman–Crippen MR) is 59.8 cm³/mol. The van der Waals surface area contributed by atoms with Gasteiger partial charge in [0.1, 0.15) is 5.78 Å². The smallest absolute Gasteiger partial charge is 0.140 e. The number of ketones is 1. The number of Topliss-reactive ketones (excluding diaryl/α,β-unsaturated/α-hetero) is 1. The minimum atomic E-state index is -0.541. The Hall–Kier alpha value is -0.900. The van der Waals surface area contributed by atoms with Gasteiger partial charge in [0.05, 0.1) is 6.10 Å². The molecule has 0 bridgehead atoms. The fourth-order valence-corrected chi connectivity index (χ4v) is 1.66. The summed E-state index contributed by atoms with van der Waals surface area (Å²) < 4.78 is 0. The molecule has 1 heterocycles. The summed E-state index contributed by atoms with van der Waals surface area (Å²) in [5, 5.41) is 15.2. The van der Waals surface area contributed by atoms with Crippen molar-refractivity contribution >= 4 is 12.0 Å². The highest BCUT2D eigenvalue weighted by molar-refractivity contribution is 5.91. The molecule has 0 unspecified atom stereocenters. The monoisotopic (exact) mass is 212 g/mol. The van der Waals surface area contributed by atoms with Gasteiger partial charge in [-0.25, -0.2) is 0 Å². The van der Waals surface area contributed by atoms with Crippen LogP contribution in [0.3, 0.4) is 0 Å². The Kier molecular flexibility index (Phi) is 5.32. The van der Waals surface area contributed by atoms with Crippen LogP contribution in [-0.2, 0) is 4.79 Å². The number of carbonyl (C=O) groups is 1. The maximum atomic E-state index is 11.2. The first-order valence-electron chi connectivity index (χ1n) is 5.65. The molecule has 1 rings (SSSR count). The van der Waals surface area contributed by atoms with Crippen molar-refractivity contribution in [2.75, 3.05) is 13.1 Å². The Morgan fingerprint density at radius 3 is 2.73 bits per heavy atom. The van der Waals surface area contributed by atoms with Gasteiger partial charge in [-0.05, 0) is 26.2 Å². The molecule has 0 aromatic carbocycles. The van der Waals surface area contributed by atoms with Gasteiger partial charge in [0.25, 0.3) is 0 Å². The topological polar surface area (TPSA) is 52.9 Å². The molecule has 1 aliphatic heterocycles. The van der Waals surface area contributed by atoms with Crippen LogP contribution in [0.2, 0.25) is 0 Å². The van der Waals surface area contributed by atoms with Crippen molar-refractivity contribution in [2.24, 2.45) is 5.10 Å². The maximum absolute atomic E-state index is 11.2. The number of aliphatic hydroxyl groups excluding tert-OH is 1. The molecule has 0 spiro atoms. The molecular formula is C11H20N2O2. The van der Waals surface area contributed by atoms with Crippen molar-refractivity contribution in [3.63, 3.8) is 0 Å². The number of rotatable bonds is 5. The third-order valence-electron chi connectivity index (χ3n) is 2.42. The molecule has 0 radical (unpaired) electrons. The van der Waals surface area contributed by atoms with Crippen molar-refractivity contribution < 1.29 is 9.90 Å². The fourth-order valence-electron chi connectivity index (χ4n) is 1.66. The number of hydrogen-bond donors (Lipinski definition) is 1. The van der Waals surface area contributed by atoms with Gasteiger partial charge in [-0.2, -0.15) is 5.10 Å². The van der Waals surface area contributed by atoms with Crippen molar-refractivity contribution in [2.45, 2.75) is 45.1 Å². The third kappa shape index (κ3) is 5.52. The Morgan fingerprint density at radius 2 is 2.13 bits per heavy atom. The molecule has 0 aromatic heterocycles. The highest BCUT2D eigenvalue weighted by Crippen LogP contribution is 2.08. The highest BCUT2D eigenvalue weighted by Gasteiger charge is 2.07. The van der Waals surface area contributed by atoms with E-state index in [1.54, 1.807) is 13.1 Å². The number of hydrogen-bond acceptors (Lipinski definition) is 4. The van der Waals surface area contributed by atoms with Gasteiger partial charge >= 0.3 is 0 Å². The first-order valence-corrected chi connectivity index (χ1v) is 5.65. The van der Waals surface area contributed by atoms with E-state index in [0.29, 0.717) is 6.42 Å². The average molecular weight is 212 g/mol. The first-order chi connectivity index (χ1) is 7.18. The SMILES string of the molecule is C[C@@H](O)CC(=O)C/C=N/N1CCCCC1. The number of aliphatic hydroxyl groups is 1. The summed E-state index contributed by atoms with van der Waals surface area (Å²) in [7, 11) is 0. The molecule has 1 N–H and O–H groups in total. The van der Waals surface area contributed by atoms with E-state index in [2.05, 4.69) is 5.10 Å². The van der Waals surface area contributed by atoms with Crippen LogP contribution in [0.25, 0.3) is 0 Å². The quantitative estimate of drug-likeness (QED) is 0.696. The zero-order valence-electron chi connectivity index (χ0n) is 9.35. The lowest BCUT2D eigenvalue weighted by atomic mass is 10.1. The van der Waals surface area contributed by atoms with Crippen molar-refractivity contribution in [1.29, 1.82) is 0 Å². The van der Waals surface area contributed by atoms with Crippen LogP contribution >= 0.6 is 0 Å². The second-order valence-electron chi connectivity index (χ2n) is 4.11. The predicted octanol–water partition coefficient (Wildman–Crippen LogP) is 1.19. The zero-order chi connectivity index (χ0) is 11.1. The number of piperidine rings is 1. The number of nitrogens with zero attached hydrogens (tertiary/aromatic N) is 2. The molecular weight excluding hydrogens is 192 g/mol. The van der Waals surface area contributed by atoms with E-state index in [1.807, 2.05) is 5.01 Å². The summed E-state index contributed by atoms with van der Waals surface area (Å²) in [5.74, 6) is 0.0470. The zero-order valence-corrected chi connectivity index (χ0v) is 9.35. The molecule has 4 nitrogen and oxygen atoms in total. The molecule has 0 amide bonds. The molecule has 0 aromatic rings. The largest absolute Gasteiger partial charge is 0.393 e. The maximum Gasteiger partial charge on any atom is 0.140 e. The van der Waals surface area contributed by atoms with E-state index in [1.165, 1.54) is 19.3 Å². The molecule has 4 heteroatoms. The van der Waals surface area contributed by atoms with Gasteiger partial charge in [0.2, 0.25) is 0 Å². The van der Waals surface area contributed by atoms with E-state index < -0.39 is 6.10 Å². The molecule has 1 saturated heterocycles. The molecule has 15 heavy (non-hydrogen) atoms. The molecule has 1 atom stereocenters. The summed E-state index contributed by atoms with van der Waals surface area (Å²) in [6.07, 6.45) is 5.36. The van der Waals surface area contributed by atoms with Crippen LogP contribution in [-0.4, -0.2) is 41.3 Å². The Labute approximate surface area is 91.0 Å². The molecule has 1 aliphatic rings. The average Bonchev–Trinajstić information content (AvgIpc) is 2.18. The summed E-state index contributed by atoms with van der Waals surface area (Å²) in [6.45, 7) is 3.63. The summed E-state index contributed by atoms with van der Waals surface area (Å²) in [5.41, 5.74) is 0. The second kappa shape index (κ2) is 6.56. The van der Waals surface area contributed by atoms with Crippen LogP contribution in [0, 0.1) is 0 Å². The fraction of sp³-hybridized carbons (Fsp3) is 0.818. The minimum absolute atomic E-state index is 0.0470. The van der Waals surface area contributed by atoms with Gasteiger partial charge in [0.15, 0.2) is 0 Å². The van der Waals surface area contributed by atoms with Gasteiger partial charge in [-0.3, -0.25) is 9.80 Å². The van der Waals surface area contributed by atoms with E-state index in [0.717, 1.165) is 13.1 Å². The number of hydrazone groups is 1. The summed E-state index contributed by atoms with van der Waals surface area (Å²) in [6, 6.07) is 0. The third-order valence-corrected chi connectivity index (χ3v) is 2.42. The minimum Gasteiger partial charge on any atom is -0.393 e. The van der Waals surface area contributed by atoms with Crippen molar-refractivity contribution in [1.82, 2.24) is 5.01 Å². The van der Waals surface area contributed by atoms with E-state index in [-0.39, 0.29) is 12.2 Å². The van der Waals surface area contributed by atoms with E-state index >= 15 is 0 Å². The Balaban J connectivity index is 2.17.